The molecule has 1 aromatic carbocycles. The van der Waals surface area contributed by atoms with Crippen molar-refractivity contribution >= 4 is 15.9 Å². The molecule has 2 rings (SSSR count). The van der Waals surface area contributed by atoms with Gasteiger partial charge in [0.15, 0.2) is 0 Å². The molecule has 1 N–H and O–H groups in total. The third-order valence-electron chi connectivity index (χ3n) is 3.86. The lowest BCUT2D eigenvalue weighted by molar-refractivity contribution is 0.0614. The van der Waals surface area contributed by atoms with Crippen molar-refractivity contribution in [3.63, 3.8) is 0 Å². The Bertz CT molecular complexity index is 375. The van der Waals surface area contributed by atoms with Crippen LogP contribution in [0.5, 0.6) is 0 Å². The molecular weight excluding hydrogens is 290 g/mol. The number of ether oxygens (including phenoxy) is 1. The molecule has 0 heterocycles. The molecule has 1 aromatic rings. The van der Waals surface area contributed by atoms with Crippen LogP contribution in [-0.2, 0) is 4.74 Å². The van der Waals surface area contributed by atoms with E-state index in [1.54, 1.807) is 0 Å². The van der Waals surface area contributed by atoms with Crippen LogP contribution < -0.4 is 5.32 Å². The predicted molar refractivity (Wildman–Crippen MR) is 78.7 cm³/mol. The number of halogens is 1. The summed E-state index contributed by atoms with van der Waals surface area (Å²) in [4.78, 5) is 0. The van der Waals surface area contributed by atoms with E-state index in [4.69, 9.17) is 4.74 Å². The highest BCUT2D eigenvalue weighted by atomic mass is 79.9. The maximum absolute atomic E-state index is 5.41. The van der Waals surface area contributed by atoms with Crippen molar-refractivity contribution < 1.29 is 4.74 Å². The minimum Gasteiger partial charge on any atom is -0.381 e. The number of rotatable bonds is 4. The van der Waals surface area contributed by atoms with Crippen LogP contribution in [0.25, 0.3) is 0 Å². The molecule has 1 atom stereocenters. The zero-order valence-electron chi connectivity index (χ0n) is 11.2. The topological polar surface area (TPSA) is 21.3 Å². The van der Waals surface area contributed by atoms with Gasteiger partial charge in [-0.1, -0.05) is 34.1 Å². The normalized spacial score (nSPS) is 25.9. The molecular formula is C15H22BrNO. The van der Waals surface area contributed by atoms with Gasteiger partial charge in [-0.05, 0) is 44.2 Å². The van der Waals surface area contributed by atoms with Gasteiger partial charge >= 0.3 is 0 Å². The summed E-state index contributed by atoms with van der Waals surface area (Å²) in [5.41, 5.74) is 1.34. The van der Waals surface area contributed by atoms with Gasteiger partial charge in [0.2, 0.25) is 0 Å². The first kappa shape index (κ1) is 14.0. The van der Waals surface area contributed by atoms with E-state index in [0.717, 1.165) is 0 Å². The highest BCUT2D eigenvalue weighted by Gasteiger charge is 2.22. The van der Waals surface area contributed by atoms with Gasteiger partial charge in [0.1, 0.15) is 0 Å². The molecule has 2 nitrogen and oxygen atoms in total. The third kappa shape index (κ3) is 3.56. The minimum atomic E-state index is 0.393. The number of nitrogens with one attached hydrogen (secondary N) is 1. The Balaban J connectivity index is 1.89. The van der Waals surface area contributed by atoms with Crippen LogP contribution >= 0.6 is 15.9 Å². The first-order valence-electron chi connectivity index (χ1n) is 6.74. The first-order valence-corrected chi connectivity index (χ1v) is 7.53. The summed E-state index contributed by atoms with van der Waals surface area (Å²) in [5, 5.41) is 3.74. The van der Waals surface area contributed by atoms with Gasteiger partial charge in [-0.3, -0.25) is 0 Å². The summed E-state index contributed by atoms with van der Waals surface area (Å²) in [5.74, 6) is 0. The number of hydrogen-bond donors (Lipinski definition) is 1. The molecule has 0 unspecified atom stereocenters. The van der Waals surface area contributed by atoms with Gasteiger partial charge in [-0.15, -0.1) is 0 Å². The van der Waals surface area contributed by atoms with E-state index < -0.39 is 0 Å². The average Bonchev–Trinajstić information content (AvgIpc) is 2.40. The van der Waals surface area contributed by atoms with Crippen LogP contribution in [0.3, 0.4) is 0 Å². The lowest BCUT2D eigenvalue weighted by Crippen LogP contribution is -2.36. The van der Waals surface area contributed by atoms with Crippen LogP contribution in [0.2, 0.25) is 0 Å². The van der Waals surface area contributed by atoms with Crippen molar-refractivity contribution in [1.82, 2.24) is 5.32 Å². The molecule has 0 radical (unpaired) electrons. The zero-order valence-corrected chi connectivity index (χ0v) is 12.7. The summed E-state index contributed by atoms with van der Waals surface area (Å²) in [6, 6.07) is 9.46. The SMILES string of the molecule is COC1CCC(N[C@H](C)c2ccccc2Br)CC1. The van der Waals surface area contributed by atoms with Crippen molar-refractivity contribution in [2.75, 3.05) is 7.11 Å². The second-order valence-corrected chi connectivity index (χ2v) is 5.97. The maximum Gasteiger partial charge on any atom is 0.0572 e. The van der Waals surface area contributed by atoms with Crippen LogP contribution in [0, 0.1) is 0 Å². The Kier molecular flexibility index (Phi) is 5.22. The van der Waals surface area contributed by atoms with E-state index in [9.17, 15) is 0 Å². The van der Waals surface area contributed by atoms with E-state index >= 15 is 0 Å². The molecule has 0 bridgehead atoms. The van der Waals surface area contributed by atoms with Crippen molar-refractivity contribution in [3.05, 3.63) is 34.3 Å². The van der Waals surface area contributed by atoms with E-state index in [-0.39, 0.29) is 0 Å². The molecule has 0 amide bonds. The average molecular weight is 312 g/mol. The van der Waals surface area contributed by atoms with Gasteiger partial charge in [-0.25, -0.2) is 0 Å². The predicted octanol–water partition coefficient (Wildman–Crippen LogP) is 4.06. The maximum atomic E-state index is 5.41. The summed E-state index contributed by atoms with van der Waals surface area (Å²) in [7, 11) is 1.82. The summed E-state index contributed by atoms with van der Waals surface area (Å²) >= 11 is 3.62. The smallest absolute Gasteiger partial charge is 0.0572 e. The molecule has 1 fully saturated rings. The highest BCUT2D eigenvalue weighted by molar-refractivity contribution is 9.10. The number of benzene rings is 1. The van der Waals surface area contributed by atoms with Crippen molar-refractivity contribution in [2.24, 2.45) is 0 Å². The van der Waals surface area contributed by atoms with Crippen LogP contribution in [-0.4, -0.2) is 19.3 Å². The van der Waals surface area contributed by atoms with Gasteiger partial charge in [0, 0.05) is 23.7 Å². The molecule has 1 aliphatic rings. The lowest BCUT2D eigenvalue weighted by atomic mass is 9.92. The molecule has 0 aliphatic heterocycles. The number of methoxy groups -OCH3 is 1. The third-order valence-corrected chi connectivity index (χ3v) is 4.59. The molecule has 0 saturated heterocycles. The second kappa shape index (κ2) is 6.69. The van der Waals surface area contributed by atoms with Crippen LogP contribution in [0.4, 0.5) is 0 Å². The molecule has 3 heteroatoms. The second-order valence-electron chi connectivity index (χ2n) is 5.12. The minimum absolute atomic E-state index is 0.393. The van der Waals surface area contributed by atoms with Crippen molar-refractivity contribution in [1.29, 1.82) is 0 Å². The molecule has 18 heavy (non-hydrogen) atoms. The van der Waals surface area contributed by atoms with Crippen molar-refractivity contribution in [2.45, 2.75) is 50.8 Å². The van der Waals surface area contributed by atoms with E-state index in [1.165, 1.54) is 35.7 Å². The fourth-order valence-electron chi connectivity index (χ4n) is 2.73. The highest BCUT2D eigenvalue weighted by Crippen LogP contribution is 2.26. The molecule has 0 aromatic heterocycles. The Labute approximate surface area is 118 Å². The molecule has 1 aliphatic carbocycles. The molecule has 100 valence electrons. The fourth-order valence-corrected chi connectivity index (χ4v) is 3.36. The monoisotopic (exact) mass is 311 g/mol. The van der Waals surface area contributed by atoms with E-state index in [2.05, 4.69) is 52.4 Å². The van der Waals surface area contributed by atoms with E-state index in [0.29, 0.717) is 18.2 Å². The summed E-state index contributed by atoms with van der Waals surface area (Å²) < 4.78 is 6.60. The van der Waals surface area contributed by atoms with Gasteiger partial charge in [0.25, 0.3) is 0 Å². The van der Waals surface area contributed by atoms with Crippen molar-refractivity contribution in [3.8, 4) is 0 Å². The van der Waals surface area contributed by atoms with E-state index in [1.807, 2.05) is 7.11 Å². The summed E-state index contributed by atoms with van der Waals surface area (Å²) in [6.45, 7) is 2.24. The Morgan fingerprint density at radius 2 is 1.89 bits per heavy atom. The largest absolute Gasteiger partial charge is 0.381 e. The Hall–Kier alpha value is -0.380. The number of hydrogen-bond acceptors (Lipinski definition) is 2. The fraction of sp³-hybridized carbons (Fsp3) is 0.600. The zero-order chi connectivity index (χ0) is 13.0. The van der Waals surface area contributed by atoms with Crippen LogP contribution in [0.1, 0.15) is 44.2 Å². The van der Waals surface area contributed by atoms with Gasteiger partial charge in [0.05, 0.1) is 6.10 Å². The molecule has 0 spiro atoms. The van der Waals surface area contributed by atoms with Gasteiger partial charge in [-0.2, -0.15) is 0 Å². The molecule has 1 saturated carbocycles. The quantitative estimate of drug-likeness (QED) is 0.905. The Morgan fingerprint density at radius 1 is 1.22 bits per heavy atom. The lowest BCUT2D eigenvalue weighted by Gasteiger charge is -2.31. The van der Waals surface area contributed by atoms with Crippen LogP contribution in [0.15, 0.2) is 28.7 Å². The standard InChI is InChI=1S/C15H22BrNO/c1-11(14-5-3-4-6-15(14)16)17-12-7-9-13(18-2)10-8-12/h3-6,11-13,17H,7-10H2,1-2H3/t11-,12?,13?/m1/s1. The Morgan fingerprint density at radius 3 is 2.50 bits per heavy atom. The first-order chi connectivity index (χ1) is 8.70. The summed E-state index contributed by atoms with van der Waals surface area (Å²) in [6.07, 6.45) is 5.26. The van der Waals surface area contributed by atoms with Gasteiger partial charge < -0.3 is 10.1 Å².